The molecule has 3 heterocycles. The van der Waals surface area contributed by atoms with Crippen LogP contribution in [0.3, 0.4) is 0 Å². The Bertz CT molecular complexity index is 1040. The van der Waals surface area contributed by atoms with Crippen LogP contribution in [0, 0.1) is 16.7 Å². The molecule has 0 radical (unpaired) electrons. The van der Waals surface area contributed by atoms with E-state index in [0.717, 1.165) is 5.57 Å². The Balaban J connectivity index is 1.50. The largest absolute Gasteiger partial charge is 0.465 e. The third-order valence-corrected chi connectivity index (χ3v) is 9.77. The third-order valence-electron chi connectivity index (χ3n) is 9.77. The van der Waals surface area contributed by atoms with Gasteiger partial charge in [-0.2, -0.15) is 0 Å². The van der Waals surface area contributed by atoms with Crippen LogP contribution in [0.1, 0.15) is 46.5 Å². The lowest BCUT2D eigenvalue weighted by atomic mass is 9.51. The average Bonchev–Trinajstić information content (AvgIpc) is 3.68. The molecule has 0 amide bonds. The Morgan fingerprint density at radius 1 is 1.18 bits per heavy atom. The molecule has 0 aromatic rings. The van der Waals surface area contributed by atoms with E-state index in [1.54, 1.807) is 26.0 Å². The highest BCUT2D eigenvalue weighted by atomic mass is 16.6. The Kier molecular flexibility index (Phi) is 7.82. The number of rotatable bonds is 2. The Labute approximate surface area is 228 Å². The van der Waals surface area contributed by atoms with Crippen molar-refractivity contribution in [2.45, 2.75) is 88.7 Å². The van der Waals surface area contributed by atoms with Crippen molar-refractivity contribution in [2.24, 2.45) is 16.7 Å². The molecular formula is C29H40O10. The molecule has 10 atom stereocenters. The van der Waals surface area contributed by atoms with Gasteiger partial charge in [-0.1, -0.05) is 38.2 Å². The summed E-state index contributed by atoms with van der Waals surface area (Å²) in [5, 5.41) is 30.5. The molecule has 2 bridgehead atoms. The summed E-state index contributed by atoms with van der Waals surface area (Å²) < 4.78 is 30.3. The number of aliphatic hydroxyl groups is 3. The van der Waals surface area contributed by atoms with Gasteiger partial charge in [0.2, 0.25) is 0 Å². The third kappa shape index (κ3) is 4.79. The summed E-state index contributed by atoms with van der Waals surface area (Å²) >= 11 is 0. The molecule has 2 aliphatic carbocycles. The maximum Gasteiger partial charge on any atom is 0.331 e. The number of hydrogen-bond donors (Lipinski definition) is 3. The molecule has 10 heteroatoms. The highest BCUT2D eigenvalue weighted by Crippen LogP contribution is 2.72. The first-order chi connectivity index (χ1) is 18.6. The van der Waals surface area contributed by atoms with Gasteiger partial charge in [-0.25, -0.2) is 4.79 Å². The Morgan fingerprint density at radius 2 is 1.95 bits per heavy atom. The van der Waals surface area contributed by atoms with Crippen LogP contribution in [-0.2, 0) is 33.3 Å². The van der Waals surface area contributed by atoms with Gasteiger partial charge in [-0.15, -0.1) is 0 Å². The normalized spacial score (nSPS) is 45.4. The van der Waals surface area contributed by atoms with Gasteiger partial charge in [0, 0.05) is 17.9 Å². The average molecular weight is 549 g/mol. The van der Waals surface area contributed by atoms with E-state index in [0.29, 0.717) is 25.9 Å². The van der Waals surface area contributed by atoms with Crippen molar-refractivity contribution in [2.75, 3.05) is 26.4 Å². The van der Waals surface area contributed by atoms with Crippen LogP contribution >= 0.6 is 0 Å². The van der Waals surface area contributed by atoms with E-state index in [4.69, 9.17) is 23.7 Å². The van der Waals surface area contributed by atoms with Crippen molar-refractivity contribution in [3.05, 3.63) is 36.0 Å². The zero-order valence-corrected chi connectivity index (χ0v) is 22.8. The molecule has 3 fully saturated rings. The van der Waals surface area contributed by atoms with Crippen molar-refractivity contribution in [3.8, 4) is 0 Å². The minimum atomic E-state index is -0.953. The minimum absolute atomic E-state index is 0.0239. The lowest BCUT2D eigenvalue weighted by molar-refractivity contribution is -0.233. The zero-order valence-electron chi connectivity index (χ0n) is 22.8. The first kappa shape index (κ1) is 28.4. The minimum Gasteiger partial charge on any atom is -0.465 e. The number of carbonyl (C=O) groups is 2. The van der Waals surface area contributed by atoms with Crippen molar-refractivity contribution in [1.82, 2.24) is 0 Å². The standard InChI is InChI=1S/C29H40O10/c1-17-10-26(34)36-15-28-9-8-19(13-30)11-23(28)38-24-12-22(27(28,3)29(24)16-37-29)39-25(33)7-5-4-6-21(18(2)31)35-14-20(17)32/h4-7,11,17-18,20-24,30-32H,8-10,12-16H2,1-3H3. The Hall–Kier alpha value is -2.08. The molecule has 1 saturated carbocycles. The number of aliphatic hydroxyl groups excluding tert-OH is 3. The highest BCUT2D eigenvalue weighted by molar-refractivity contribution is 5.82. The maximum atomic E-state index is 13.0. The topological polar surface area (TPSA) is 144 Å². The fraction of sp³-hybridized carbons (Fsp3) is 0.724. The summed E-state index contributed by atoms with van der Waals surface area (Å²) in [6.07, 6.45) is 5.72. The summed E-state index contributed by atoms with van der Waals surface area (Å²) in [6.45, 7) is 5.68. The summed E-state index contributed by atoms with van der Waals surface area (Å²) in [7, 11) is 0. The van der Waals surface area contributed by atoms with Crippen molar-refractivity contribution in [3.63, 3.8) is 0 Å². The van der Waals surface area contributed by atoms with Gasteiger partial charge in [0.15, 0.2) is 0 Å². The molecule has 2 spiro atoms. The van der Waals surface area contributed by atoms with Crippen molar-refractivity contribution in [1.29, 1.82) is 0 Å². The molecule has 5 aliphatic rings. The number of cyclic esters (lactones) is 1. The summed E-state index contributed by atoms with van der Waals surface area (Å²) in [5.74, 6) is -1.44. The molecule has 0 aromatic heterocycles. The lowest BCUT2D eigenvalue weighted by Gasteiger charge is -2.58. The van der Waals surface area contributed by atoms with Crippen molar-refractivity contribution < 1.29 is 48.6 Å². The van der Waals surface area contributed by atoms with Gasteiger partial charge in [0.05, 0.1) is 56.1 Å². The zero-order chi connectivity index (χ0) is 28.0. The number of hydrogen-bond acceptors (Lipinski definition) is 10. The first-order valence-electron chi connectivity index (χ1n) is 13.8. The Morgan fingerprint density at radius 3 is 2.64 bits per heavy atom. The van der Waals surface area contributed by atoms with Gasteiger partial charge < -0.3 is 39.0 Å². The predicted octanol–water partition coefficient (Wildman–Crippen LogP) is 1.37. The smallest absolute Gasteiger partial charge is 0.331 e. The fourth-order valence-electron chi connectivity index (χ4n) is 7.07. The van der Waals surface area contributed by atoms with Crippen LogP contribution in [0.4, 0.5) is 0 Å². The molecule has 5 rings (SSSR count). The number of epoxide rings is 1. The van der Waals surface area contributed by atoms with Crippen molar-refractivity contribution >= 4 is 11.9 Å². The molecule has 216 valence electrons. The number of allylic oxidation sites excluding steroid dienone is 2. The van der Waals surface area contributed by atoms with Gasteiger partial charge in [-0.05, 0) is 31.3 Å². The second-order valence-corrected chi connectivity index (χ2v) is 11.9. The molecule has 0 aromatic carbocycles. The molecule has 3 N–H and O–H groups in total. The maximum absolute atomic E-state index is 13.0. The van der Waals surface area contributed by atoms with E-state index in [1.165, 1.54) is 12.2 Å². The van der Waals surface area contributed by atoms with Crippen LogP contribution in [0.5, 0.6) is 0 Å². The molecular weight excluding hydrogens is 508 g/mol. The molecule has 10 nitrogen and oxygen atoms in total. The SMILES string of the molecule is CC(O)C1C=CC=CC(=O)OC2CC3OC4C=C(CO)CCC4(COC(=O)CC(C)C(O)CO1)C2(C)C31CO1. The van der Waals surface area contributed by atoms with Crippen LogP contribution < -0.4 is 0 Å². The van der Waals surface area contributed by atoms with E-state index in [9.17, 15) is 24.9 Å². The van der Waals surface area contributed by atoms with E-state index < -0.39 is 64.8 Å². The van der Waals surface area contributed by atoms with Gasteiger partial charge >= 0.3 is 11.9 Å². The monoisotopic (exact) mass is 548 g/mol. The van der Waals surface area contributed by atoms with Crippen LogP contribution in [0.25, 0.3) is 0 Å². The highest BCUT2D eigenvalue weighted by Gasteiger charge is 2.83. The van der Waals surface area contributed by atoms with Gasteiger partial charge in [0.1, 0.15) is 24.4 Å². The quantitative estimate of drug-likeness (QED) is 0.263. The number of carbonyl (C=O) groups excluding carboxylic acids is 2. The van der Waals surface area contributed by atoms with Crippen LogP contribution in [-0.4, -0.2) is 95.9 Å². The van der Waals surface area contributed by atoms with Crippen LogP contribution in [0.2, 0.25) is 0 Å². The molecule has 2 saturated heterocycles. The number of ether oxygens (including phenoxy) is 5. The first-order valence-corrected chi connectivity index (χ1v) is 13.8. The van der Waals surface area contributed by atoms with E-state index in [-0.39, 0.29) is 32.3 Å². The summed E-state index contributed by atoms with van der Waals surface area (Å²) in [5.41, 5.74) is -1.25. The fourth-order valence-corrected chi connectivity index (χ4v) is 7.07. The molecule has 10 unspecified atom stereocenters. The van der Waals surface area contributed by atoms with Crippen LogP contribution in [0.15, 0.2) is 36.0 Å². The summed E-state index contributed by atoms with van der Waals surface area (Å²) in [4.78, 5) is 26.0. The van der Waals surface area contributed by atoms with E-state index >= 15 is 0 Å². The molecule has 39 heavy (non-hydrogen) atoms. The number of esters is 2. The van der Waals surface area contributed by atoms with E-state index in [1.807, 2.05) is 6.08 Å². The second-order valence-electron chi connectivity index (χ2n) is 11.9. The molecule has 3 aliphatic heterocycles. The van der Waals surface area contributed by atoms with Gasteiger partial charge in [0.25, 0.3) is 0 Å². The van der Waals surface area contributed by atoms with Gasteiger partial charge in [-0.3, -0.25) is 4.79 Å². The summed E-state index contributed by atoms with van der Waals surface area (Å²) in [6, 6.07) is 0. The lowest BCUT2D eigenvalue weighted by Crippen LogP contribution is -2.66. The van der Waals surface area contributed by atoms with E-state index in [2.05, 4.69) is 6.92 Å². The second kappa shape index (κ2) is 10.7. The predicted molar refractivity (Wildman–Crippen MR) is 137 cm³/mol.